The van der Waals surface area contributed by atoms with E-state index >= 15 is 0 Å². The van der Waals surface area contributed by atoms with Gasteiger partial charge in [-0.15, -0.1) is 11.3 Å². The molecule has 0 unspecified atom stereocenters. The Morgan fingerprint density at radius 3 is 2.18 bits per heavy atom. The predicted octanol–water partition coefficient (Wildman–Crippen LogP) is 5.11. The number of amides is 2. The smallest absolute Gasteiger partial charge is 0.411 e. The third-order valence-electron chi connectivity index (χ3n) is 4.19. The van der Waals surface area contributed by atoms with Crippen LogP contribution in [0.2, 0.25) is 0 Å². The molecule has 0 saturated carbocycles. The molecule has 0 fully saturated rings. The Morgan fingerprint density at radius 2 is 1.61 bits per heavy atom. The van der Waals surface area contributed by atoms with Crippen molar-refractivity contribution in [3.8, 4) is 10.6 Å². The molecule has 7 heteroatoms. The highest BCUT2D eigenvalue weighted by Gasteiger charge is 2.16. The minimum atomic E-state index is -0.545. The van der Waals surface area contributed by atoms with E-state index in [4.69, 9.17) is 0 Å². The first-order valence-electron chi connectivity index (χ1n) is 8.83. The fraction of sp³-hybridized carbons (Fsp3) is 0.190. The highest BCUT2D eigenvalue weighted by Crippen LogP contribution is 2.29. The van der Waals surface area contributed by atoms with Crippen LogP contribution in [0.15, 0.2) is 48.5 Å². The van der Waals surface area contributed by atoms with Crippen molar-refractivity contribution in [2.45, 2.75) is 20.3 Å². The van der Waals surface area contributed by atoms with Crippen LogP contribution in [0.3, 0.4) is 0 Å². The Balaban J connectivity index is 1.72. The van der Waals surface area contributed by atoms with Gasteiger partial charge in [0.2, 0.25) is 0 Å². The molecule has 0 radical (unpaired) electrons. The van der Waals surface area contributed by atoms with Crippen molar-refractivity contribution in [2.24, 2.45) is 0 Å². The molecule has 2 N–H and O–H groups in total. The number of nitrogens with one attached hydrogen (secondary N) is 2. The van der Waals surface area contributed by atoms with Crippen LogP contribution in [-0.4, -0.2) is 24.1 Å². The maximum atomic E-state index is 12.7. The van der Waals surface area contributed by atoms with Crippen molar-refractivity contribution in [3.05, 3.63) is 64.7 Å². The molecule has 0 aliphatic rings. The highest BCUT2D eigenvalue weighted by atomic mass is 32.1. The minimum absolute atomic E-state index is 0.208. The van der Waals surface area contributed by atoms with E-state index < -0.39 is 6.09 Å². The van der Waals surface area contributed by atoms with Crippen molar-refractivity contribution in [2.75, 3.05) is 17.7 Å². The fourth-order valence-corrected chi connectivity index (χ4v) is 3.57. The van der Waals surface area contributed by atoms with Crippen LogP contribution in [-0.2, 0) is 11.2 Å². The Morgan fingerprint density at radius 1 is 1.00 bits per heavy atom. The molecule has 0 saturated heterocycles. The lowest BCUT2D eigenvalue weighted by Crippen LogP contribution is -2.12. The lowest BCUT2D eigenvalue weighted by atomic mass is 10.1. The van der Waals surface area contributed by atoms with Crippen LogP contribution < -0.4 is 10.6 Å². The number of hydrogen-bond donors (Lipinski definition) is 2. The number of rotatable bonds is 5. The number of nitrogens with zero attached hydrogens (tertiary/aromatic N) is 1. The van der Waals surface area contributed by atoms with Gasteiger partial charge in [0.25, 0.3) is 5.91 Å². The van der Waals surface area contributed by atoms with Crippen LogP contribution in [0.25, 0.3) is 10.6 Å². The minimum Gasteiger partial charge on any atom is -0.453 e. The molecule has 0 spiro atoms. The summed E-state index contributed by atoms with van der Waals surface area (Å²) in [4.78, 5) is 29.0. The van der Waals surface area contributed by atoms with Crippen LogP contribution >= 0.6 is 11.3 Å². The van der Waals surface area contributed by atoms with E-state index in [9.17, 15) is 9.59 Å². The molecule has 144 valence electrons. The lowest BCUT2D eigenvalue weighted by molar-refractivity contribution is 0.102. The first-order valence-corrected chi connectivity index (χ1v) is 9.65. The van der Waals surface area contributed by atoms with Crippen LogP contribution in [0.1, 0.15) is 27.9 Å². The summed E-state index contributed by atoms with van der Waals surface area (Å²) in [6.45, 7) is 3.95. The second-order valence-corrected chi connectivity index (χ2v) is 7.13. The van der Waals surface area contributed by atoms with Crippen molar-refractivity contribution in [1.29, 1.82) is 0 Å². The number of hydrogen-bond acceptors (Lipinski definition) is 5. The average Bonchev–Trinajstić information content (AvgIpc) is 3.11. The molecule has 0 bridgehead atoms. The quantitative estimate of drug-likeness (QED) is 0.629. The Labute approximate surface area is 167 Å². The van der Waals surface area contributed by atoms with E-state index in [1.807, 2.05) is 19.1 Å². The molecule has 1 heterocycles. The molecule has 3 rings (SSSR count). The Hall–Kier alpha value is -3.19. The van der Waals surface area contributed by atoms with Gasteiger partial charge in [-0.25, -0.2) is 9.78 Å². The largest absolute Gasteiger partial charge is 0.453 e. The van der Waals surface area contributed by atoms with Gasteiger partial charge in [0.1, 0.15) is 9.88 Å². The van der Waals surface area contributed by atoms with Gasteiger partial charge in [-0.1, -0.05) is 31.2 Å². The molecule has 0 aliphatic carbocycles. The molecule has 0 atom stereocenters. The second-order valence-electron chi connectivity index (χ2n) is 6.13. The molecule has 6 nitrogen and oxygen atoms in total. The van der Waals surface area contributed by atoms with Crippen molar-refractivity contribution < 1.29 is 14.3 Å². The number of methoxy groups -OCH3 is 1. The number of aromatic nitrogens is 1. The van der Waals surface area contributed by atoms with Crippen molar-refractivity contribution in [3.63, 3.8) is 0 Å². The predicted molar refractivity (Wildman–Crippen MR) is 112 cm³/mol. The molecule has 28 heavy (non-hydrogen) atoms. The first kappa shape index (κ1) is 19.6. The zero-order chi connectivity index (χ0) is 20.1. The molecular weight excluding hydrogens is 374 g/mol. The summed E-state index contributed by atoms with van der Waals surface area (Å²) in [5.41, 5.74) is 4.17. The van der Waals surface area contributed by atoms with Crippen molar-refractivity contribution in [1.82, 2.24) is 4.98 Å². The second kappa shape index (κ2) is 8.67. The topological polar surface area (TPSA) is 80.3 Å². The van der Waals surface area contributed by atoms with Gasteiger partial charge in [0.05, 0.1) is 12.8 Å². The first-order chi connectivity index (χ1) is 13.5. The summed E-state index contributed by atoms with van der Waals surface area (Å²) < 4.78 is 4.55. The maximum absolute atomic E-state index is 12.7. The van der Waals surface area contributed by atoms with E-state index in [2.05, 4.69) is 39.4 Å². The summed E-state index contributed by atoms with van der Waals surface area (Å²) in [5, 5.41) is 6.25. The van der Waals surface area contributed by atoms with Gasteiger partial charge >= 0.3 is 6.09 Å². The zero-order valence-electron chi connectivity index (χ0n) is 15.9. The molecule has 0 aliphatic heterocycles. The number of ether oxygens (including phenoxy) is 1. The molecule has 2 amide bonds. The maximum Gasteiger partial charge on any atom is 0.411 e. The SMILES string of the molecule is CCc1ccc(-c2nc(C)c(C(=O)Nc3ccc(NC(=O)OC)cc3)s2)cc1. The summed E-state index contributed by atoms with van der Waals surface area (Å²) >= 11 is 1.37. The summed E-state index contributed by atoms with van der Waals surface area (Å²) in [7, 11) is 1.30. The zero-order valence-corrected chi connectivity index (χ0v) is 16.7. The Bertz CT molecular complexity index is 979. The van der Waals surface area contributed by atoms with Gasteiger partial charge in [-0.05, 0) is 43.2 Å². The Kier molecular flexibility index (Phi) is 6.06. The molecule has 1 aromatic heterocycles. The van der Waals surface area contributed by atoms with E-state index in [1.54, 1.807) is 24.3 Å². The van der Waals surface area contributed by atoms with Crippen LogP contribution in [0, 0.1) is 6.92 Å². The third-order valence-corrected chi connectivity index (χ3v) is 5.39. The summed E-state index contributed by atoms with van der Waals surface area (Å²) in [6.07, 6.45) is 0.440. The van der Waals surface area contributed by atoms with Gasteiger partial charge in [0, 0.05) is 16.9 Å². The van der Waals surface area contributed by atoms with E-state index in [0.29, 0.717) is 21.9 Å². The number of carbonyl (C=O) groups excluding carboxylic acids is 2. The van der Waals surface area contributed by atoms with E-state index in [-0.39, 0.29) is 5.91 Å². The number of benzene rings is 2. The lowest BCUT2D eigenvalue weighted by Gasteiger charge is -2.06. The van der Waals surface area contributed by atoms with Gasteiger partial charge < -0.3 is 10.1 Å². The molecule has 3 aromatic rings. The van der Waals surface area contributed by atoms with Gasteiger partial charge in [0.15, 0.2) is 0 Å². The van der Waals surface area contributed by atoms with Gasteiger partial charge in [-0.3, -0.25) is 10.1 Å². The molecular formula is C21H21N3O3S. The number of aryl methyl sites for hydroxylation is 2. The van der Waals surface area contributed by atoms with Crippen LogP contribution in [0.5, 0.6) is 0 Å². The summed E-state index contributed by atoms with van der Waals surface area (Å²) in [6, 6.07) is 15.0. The van der Waals surface area contributed by atoms with Gasteiger partial charge in [-0.2, -0.15) is 0 Å². The average molecular weight is 395 g/mol. The monoisotopic (exact) mass is 395 g/mol. The van der Waals surface area contributed by atoms with Crippen LogP contribution in [0.4, 0.5) is 16.2 Å². The van der Waals surface area contributed by atoms with E-state index in [0.717, 1.165) is 17.0 Å². The number of anilines is 2. The van der Waals surface area contributed by atoms with E-state index in [1.165, 1.54) is 24.0 Å². The molecule has 2 aromatic carbocycles. The number of thiazole rings is 1. The highest BCUT2D eigenvalue weighted by molar-refractivity contribution is 7.17. The summed E-state index contributed by atoms with van der Waals surface area (Å²) in [5.74, 6) is -0.208. The normalized spacial score (nSPS) is 10.4. The fourth-order valence-electron chi connectivity index (χ4n) is 2.61. The standard InChI is InChI=1S/C21H21N3O3S/c1-4-14-5-7-15(8-6-14)20-22-13(2)18(28-20)19(25)23-16-9-11-17(12-10-16)24-21(26)27-3/h5-12H,4H2,1-3H3,(H,23,25)(H,24,26). The number of carbonyl (C=O) groups is 2. The third kappa shape index (κ3) is 4.55. The van der Waals surface area contributed by atoms with Crippen molar-refractivity contribution >= 4 is 34.7 Å².